The number of carbonyl (C=O) groups excluding carboxylic acids is 3. The Balaban J connectivity index is 1.91. The monoisotopic (exact) mass is 312 g/mol. The molecule has 23 heavy (non-hydrogen) atoms. The molecule has 0 unspecified atom stereocenters. The molecule has 2 amide bonds. The highest BCUT2D eigenvalue weighted by Gasteiger charge is 2.07. The second-order valence-electron chi connectivity index (χ2n) is 4.86. The van der Waals surface area contributed by atoms with Gasteiger partial charge in [0.05, 0.1) is 0 Å². The van der Waals surface area contributed by atoms with Crippen LogP contribution in [0.4, 0.5) is 5.69 Å². The van der Waals surface area contributed by atoms with Gasteiger partial charge in [-0.1, -0.05) is 6.07 Å². The number of hydrogen-bond donors (Lipinski definition) is 2. The van der Waals surface area contributed by atoms with E-state index in [9.17, 15) is 14.4 Å². The predicted molar refractivity (Wildman–Crippen MR) is 85.5 cm³/mol. The number of carbonyl (C=O) groups is 3. The van der Waals surface area contributed by atoms with Gasteiger partial charge in [-0.15, -0.1) is 0 Å². The summed E-state index contributed by atoms with van der Waals surface area (Å²) in [6.45, 7) is 1.28. The van der Waals surface area contributed by atoms with Gasteiger partial charge < -0.3 is 15.8 Å². The Morgan fingerprint density at radius 2 is 1.74 bits per heavy atom. The third-order valence-corrected chi connectivity index (χ3v) is 3.06. The van der Waals surface area contributed by atoms with E-state index in [2.05, 4.69) is 5.32 Å². The van der Waals surface area contributed by atoms with E-state index in [1.54, 1.807) is 42.5 Å². The van der Waals surface area contributed by atoms with Crippen LogP contribution < -0.4 is 15.8 Å². The molecule has 2 aromatic carbocycles. The fraction of sp³-hybridized carbons (Fsp3) is 0.118. The molecular weight excluding hydrogens is 296 g/mol. The first kappa shape index (κ1) is 16.2. The minimum absolute atomic E-state index is 0.0383. The van der Waals surface area contributed by atoms with Crippen molar-refractivity contribution < 1.29 is 19.1 Å². The zero-order chi connectivity index (χ0) is 16.8. The maximum atomic E-state index is 11.8. The minimum atomic E-state index is -0.567. The molecule has 0 atom stereocenters. The van der Waals surface area contributed by atoms with Gasteiger partial charge in [0, 0.05) is 16.8 Å². The quantitative estimate of drug-likeness (QED) is 0.797. The van der Waals surface area contributed by atoms with Crippen molar-refractivity contribution in [1.82, 2.24) is 0 Å². The van der Waals surface area contributed by atoms with Crippen LogP contribution in [0.1, 0.15) is 27.6 Å². The van der Waals surface area contributed by atoms with E-state index >= 15 is 0 Å². The summed E-state index contributed by atoms with van der Waals surface area (Å²) in [5, 5.41) is 2.61. The number of ether oxygens (including phenoxy) is 1. The van der Waals surface area contributed by atoms with Gasteiger partial charge in [0.25, 0.3) is 5.91 Å². The lowest BCUT2D eigenvalue weighted by atomic mass is 10.1. The number of nitrogens with one attached hydrogen (secondary N) is 1. The molecule has 118 valence electrons. The van der Waals surface area contributed by atoms with Crippen molar-refractivity contribution >= 4 is 23.3 Å². The number of Topliss-reactive ketones (excluding diaryl/α,β-unsaturated/α-hetero) is 1. The van der Waals surface area contributed by atoms with Crippen LogP contribution >= 0.6 is 0 Å². The van der Waals surface area contributed by atoms with Gasteiger partial charge in [0.2, 0.25) is 5.91 Å². The van der Waals surface area contributed by atoms with Crippen molar-refractivity contribution in [3.8, 4) is 5.75 Å². The molecule has 0 aliphatic heterocycles. The average molecular weight is 312 g/mol. The first-order valence-corrected chi connectivity index (χ1v) is 6.89. The Kier molecular flexibility index (Phi) is 5.09. The molecule has 0 spiro atoms. The number of benzene rings is 2. The summed E-state index contributed by atoms with van der Waals surface area (Å²) in [7, 11) is 0. The van der Waals surface area contributed by atoms with E-state index in [0.29, 0.717) is 22.6 Å². The molecule has 0 saturated carbocycles. The second kappa shape index (κ2) is 7.22. The van der Waals surface area contributed by atoms with Crippen LogP contribution in [-0.4, -0.2) is 24.2 Å². The molecular formula is C17H16N2O4. The van der Waals surface area contributed by atoms with Gasteiger partial charge in [0.1, 0.15) is 5.75 Å². The number of amides is 2. The molecule has 0 heterocycles. The predicted octanol–water partition coefficient (Wildman–Crippen LogP) is 2.01. The lowest BCUT2D eigenvalue weighted by Crippen LogP contribution is -2.20. The van der Waals surface area contributed by atoms with Gasteiger partial charge in [0.15, 0.2) is 12.4 Å². The van der Waals surface area contributed by atoms with Gasteiger partial charge in [-0.2, -0.15) is 0 Å². The van der Waals surface area contributed by atoms with Crippen LogP contribution in [0.15, 0.2) is 48.5 Å². The summed E-state index contributed by atoms with van der Waals surface area (Å²) in [5.74, 6) is -0.496. The minimum Gasteiger partial charge on any atom is -0.484 e. The van der Waals surface area contributed by atoms with Crippen LogP contribution in [-0.2, 0) is 4.79 Å². The van der Waals surface area contributed by atoms with E-state index in [1.165, 1.54) is 13.0 Å². The Morgan fingerprint density at radius 3 is 2.35 bits per heavy atom. The molecule has 2 rings (SSSR count). The number of hydrogen-bond acceptors (Lipinski definition) is 4. The summed E-state index contributed by atoms with van der Waals surface area (Å²) in [6.07, 6.45) is 0. The number of rotatable bonds is 6. The summed E-state index contributed by atoms with van der Waals surface area (Å²) >= 11 is 0. The Morgan fingerprint density at radius 1 is 1.04 bits per heavy atom. The lowest BCUT2D eigenvalue weighted by Gasteiger charge is -2.08. The molecule has 0 radical (unpaired) electrons. The standard InChI is InChI=1S/C17H16N2O4/c1-11(20)12-5-7-15(8-6-12)23-10-16(21)19-14-4-2-3-13(9-14)17(18)22/h2-9H,10H2,1H3,(H2,18,22)(H,19,21). The molecule has 0 saturated heterocycles. The van der Waals surface area contributed by atoms with Gasteiger partial charge >= 0.3 is 0 Å². The first-order valence-electron chi connectivity index (χ1n) is 6.89. The number of primary amides is 1. The smallest absolute Gasteiger partial charge is 0.262 e. The van der Waals surface area contributed by atoms with Crippen molar-refractivity contribution in [3.63, 3.8) is 0 Å². The average Bonchev–Trinajstić information content (AvgIpc) is 2.53. The summed E-state index contributed by atoms with van der Waals surface area (Å²) in [4.78, 5) is 34.1. The molecule has 0 aromatic heterocycles. The molecule has 6 heteroatoms. The van der Waals surface area contributed by atoms with Crippen molar-refractivity contribution in [3.05, 3.63) is 59.7 Å². The van der Waals surface area contributed by atoms with Crippen LogP contribution in [0.25, 0.3) is 0 Å². The highest BCUT2D eigenvalue weighted by Crippen LogP contribution is 2.13. The maximum Gasteiger partial charge on any atom is 0.262 e. The third-order valence-electron chi connectivity index (χ3n) is 3.06. The Hall–Kier alpha value is -3.15. The summed E-state index contributed by atoms with van der Waals surface area (Å²) < 4.78 is 5.34. The molecule has 2 aromatic rings. The fourth-order valence-corrected chi connectivity index (χ4v) is 1.88. The fourth-order valence-electron chi connectivity index (χ4n) is 1.88. The van der Waals surface area contributed by atoms with E-state index < -0.39 is 5.91 Å². The molecule has 0 fully saturated rings. The number of nitrogens with two attached hydrogens (primary N) is 1. The molecule has 0 aliphatic carbocycles. The number of ketones is 1. The maximum absolute atomic E-state index is 11.8. The van der Waals surface area contributed by atoms with Crippen molar-refractivity contribution in [2.75, 3.05) is 11.9 Å². The van der Waals surface area contributed by atoms with Crippen LogP contribution in [0.2, 0.25) is 0 Å². The molecule has 3 N–H and O–H groups in total. The van der Waals surface area contributed by atoms with Crippen molar-refractivity contribution in [2.24, 2.45) is 5.73 Å². The van der Waals surface area contributed by atoms with Gasteiger partial charge in [-0.25, -0.2) is 0 Å². The SMILES string of the molecule is CC(=O)c1ccc(OCC(=O)Nc2cccc(C(N)=O)c2)cc1. The van der Waals surface area contributed by atoms with Crippen molar-refractivity contribution in [2.45, 2.75) is 6.92 Å². The first-order chi connectivity index (χ1) is 11.0. The van der Waals surface area contributed by atoms with E-state index in [4.69, 9.17) is 10.5 Å². The summed E-state index contributed by atoms with van der Waals surface area (Å²) in [5.41, 5.74) is 6.52. The Bertz CT molecular complexity index is 739. The third kappa shape index (κ3) is 4.67. The highest BCUT2D eigenvalue weighted by atomic mass is 16.5. The largest absolute Gasteiger partial charge is 0.484 e. The van der Waals surface area contributed by atoms with Gasteiger partial charge in [-0.05, 0) is 49.4 Å². The van der Waals surface area contributed by atoms with Crippen molar-refractivity contribution in [1.29, 1.82) is 0 Å². The second-order valence-corrected chi connectivity index (χ2v) is 4.86. The van der Waals surface area contributed by atoms with Crippen LogP contribution in [0.3, 0.4) is 0 Å². The zero-order valence-electron chi connectivity index (χ0n) is 12.5. The van der Waals surface area contributed by atoms with Crippen LogP contribution in [0, 0.1) is 0 Å². The van der Waals surface area contributed by atoms with E-state index in [1.807, 2.05) is 0 Å². The topological polar surface area (TPSA) is 98.5 Å². The normalized spacial score (nSPS) is 9.96. The lowest BCUT2D eigenvalue weighted by molar-refractivity contribution is -0.118. The number of anilines is 1. The molecule has 0 bridgehead atoms. The zero-order valence-corrected chi connectivity index (χ0v) is 12.5. The molecule has 6 nitrogen and oxygen atoms in total. The van der Waals surface area contributed by atoms with Gasteiger partial charge in [-0.3, -0.25) is 14.4 Å². The van der Waals surface area contributed by atoms with Crippen LogP contribution in [0.5, 0.6) is 5.75 Å². The van der Waals surface area contributed by atoms with E-state index in [-0.39, 0.29) is 18.3 Å². The Labute approximate surface area is 133 Å². The van der Waals surface area contributed by atoms with E-state index in [0.717, 1.165) is 0 Å². The highest BCUT2D eigenvalue weighted by molar-refractivity contribution is 5.96. The molecule has 0 aliphatic rings. The summed E-state index contributed by atoms with van der Waals surface area (Å²) in [6, 6.07) is 12.8.